The fraction of sp³-hybridized carbons (Fsp3) is 0.412. The molecule has 6 heteroatoms. The van der Waals surface area contributed by atoms with Gasteiger partial charge in [0, 0.05) is 16.7 Å². The Labute approximate surface area is 137 Å². The second-order valence-electron chi connectivity index (χ2n) is 6.24. The highest BCUT2D eigenvalue weighted by Crippen LogP contribution is 2.49. The molecule has 1 aliphatic carbocycles. The Balaban J connectivity index is 1.78. The summed E-state index contributed by atoms with van der Waals surface area (Å²) >= 11 is 1.72. The van der Waals surface area contributed by atoms with Crippen molar-refractivity contribution in [1.82, 2.24) is 9.97 Å². The number of thioether (sulfide) groups is 1. The van der Waals surface area contributed by atoms with E-state index < -0.39 is 0 Å². The first kappa shape index (κ1) is 14.6. The van der Waals surface area contributed by atoms with E-state index >= 15 is 0 Å². The van der Waals surface area contributed by atoms with Gasteiger partial charge in [-0.2, -0.15) is 0 Å². The molecule has 4 rings (SSSR count). The Kier molecular flexibility index (Phi) is 3.56. The largest absolute Gasteiger partial charge is 0.504 e. The van der Waals surface area contributed by atoms with E-state index in [9.17, 15) is 15.0 Å². The highest BCUT2D eigenvalue weighted by atomic mass is 32.2. The molecule has 0 amide bonds. The molecule has 23 heavy (non-hydrogen) atoms. The zero-order valence-corrected chi connectivity index (χ0v) is 13.4. The number of fused-ring (bicyclic) bond motifs is 3. The molecule has 2 atom stereocenters. The molecule has 2 aliphatic rings. The van der Waals surface area contributed by atoms with Crippen LogP contribution in [0.4, 0.5) is 0 Å². The molecule has 5 nitrogen and oxygen atoms in total. The lowest BCUT2D eigenvalue weighted by Crippen LogP contribution is -2.19. The van der Waals surface area contributed by atoms with Gasteiger partial charge in [0.15, 0.2) is 11.5 Å². The molecule has 2 heterocycles. The van der Waals surface area contributed by atoms with Gasteiger partial charge < -0.3 is 15.2 Å². The zero-order chi connectivity index (χ0) is 16.0. The van der Waals surface area contributed by atoms with Crippen molar-refractivity contribution in [2.24, 2.45) is 0 Å². The third-order valence-corrected chi connectivity index (χ3v) is 6.16. The van der Waals surface area contributed by atoms with E-state index in [-0.39, 0.29) is 17.1 Å². The van der Waals surface area contributed by atoms with Gasteiger partial charge >= 0.3 is 0 Å². The zero-order valence-electron chi connectivity index (χ0n) is 12.6. The minimum atomic E-state index is -0.219. The molecule has 0 radical (unpaired) electrons. The van der Waals surface area contributed by atoms with E-state index in [2.05, 4.69) is 9.97 Å². The molecule has 1 aliphatic heterocycles. The molecular formula is C17H18N2O3S. The van der Waals surface area contributed by atoms with E-state index in [1.807, 2.05) is 0 Å². The standard InChI is InChI=1S/C17H18N2O3S/c20-11-7-6-9(8-12(11)21)15-18-16(22)14-10-4-2-1-3-5-13(10)23-17(14)19-15/h6-8,10,13,20-21H,1-5H2,(H,18,19,22). The van der Waals surface area contributed by atoms with Gasteiger partial charge in [0.25, 0.3) is 5.56 Å². The Morgan fingerprint density at radius 3 is 2.78 bits per heavy atom. The maximum Gasteiger partial charge on any atom is 0.255 e. The number of nitrogens with one attached hydrogen (secondary N) is 1. The van der Waals surface area contributed by atoms with Crippen LogP contribution in [-0.4, -0.2) is 25.4 Å². The van der Waals surface area contributed by atoms with Gasteiger partial charge in [-0.3, -0.25) is 4.79 Å². The van der Waals surface area contributed by atoms with Crippen LogP contribution in [-0.2, 0) is 0 Å². The Hall–Kier alpha value is -1.95. The van der Waals surface area contributed by atoms with Crippen LogP contribution in [0.3, 0.4) is 0 Å². The summed E-state index contributed by atoms with van der Waals surface area (Å²) in [5.41, 5.74) is 1.36. The Bertz CT molecular complexity index is 818. The van der Waals surface area contributed by atoms with Crippen molar-refractivity contribution in [1.29, 1.82) is 0 Å². The monoisotopic (exact) mass is 330 g/mol. The van der Waals surface area contributed by atoms with Gasteiger partial charge in [0.2, 0.25) is 0 Å². The van der Waals surface area contributed by atoms with Crippen LogP contribution >= 0.6 is 11.8 Å². The lowest BCUT2D eigenvalue weighted by atomic mass is 9.93. The molecule has 1 aromatic carbocycles. The van der Waals surface area contributed by atoms with Gasteiger partial charge in [-0.1, -0.05) is 19.3 Å². The predicted octanol–water partition coefficient (Wildman–Crippen LogP) is 3.37. The number of phenols is 2. The number of rotatable bonds is 1. The van der Waals surface area contributed by atoms with Crippen LogP contribution in [0.1, 0.15) is 43.6 Å². The summed E-state index contributed by atoms with van der Waals surface area (Å²) in [6, 6.07) is 4.45. The van der Waals surface area contributed by atoms with Crippen LogP contribution in [0, 0.1) is 0 Å². The SMILES string of the molecule is O=c1[nH]c(-c2ccc(O)c(O)c2)nc2c1C1CCCCCC1S2. The highest BCUT2D eigenvalue weighted by Gasteiger charge is 2.37. The van der Waals surface area contributed by atoms with Crippen molar-refractivity contribution in [3.8, 4) is 22.9 Å². The van der Waals surface area contributed by atoms with E-state index in [0.29, 0.717) is 22.6 Å². The lowest BCUT2D eigenvalue weighted by molar-refractivity contribution is 0.404. The van der Waals surface area contributed by atoms with Crippen molar-refractivity contribution in [3.63, 3.8) is 0 Å². The summed E-state index contributed by atoms with van der Waals surface area (Å²) in [5, 5.41) is 20.4. The molecule has 0 bridgehead atoms. The van der Waals surface area contributed by atoms with Crippen molar-refractivity contribution < 1.29 is 10.2 Å². The van der Waals surface area contributed by atoms with Crippen LogP contribution in [0.15, 0.2) is 28.0 Å². The molecule has 120 valence electrons. The summed E-state index contributed by atoms with van der Waals surface area (Å²) < 4.78 is 0. The quantitative estimate of drug-likeness (QED) is 0.551. The normalized spacial score (nSPS) is 23.1. The third-order valence-electron chi connectivity index (χ3n) is 4.76. The van der Waals surface area contributed by atoms with Crippen molar-refractivity contribution >= 4 is 11.8 Å². The second-order valence-corrected chi connectivity index (χ2v) is 7.47. The summed E-state index contributed by atoms with van der Waals surface area (Å²) in [4.78, 5) is 20.1. The summed E-state index contributed by atoms with van der Waals surface area (Å²) in [6.07, 6.45) is 5.85. The number of H-pyrrole nitrogens is 1. The van der Waals surface area contributed by atoms with E-state index in [0.717, 1.165) is 23.4 Å². The van der Waals surface area contributed by atoms with Gasteiger partial charge in [0.05, 0.1) is 5.56 Å². The Morgan fingerprint density at radius 1 is 1.13 bits per heavy atom. The molecule has 0 saturated heterocycles. The van der Waals surface area contributed by atoms with Crippen molar-refractivity contribution in [3.05, 3.63) is 34.1 Å². The molecule has 2 unspecified atom stereocenters. The molecule has 3 N–H and O–H groups in total. The second kappa shape index (κ2) is 5.60. The van der Waals surface area contributed by atoms with E-state index in [1.165, 1.54) is 31.4 Å². The van der Waals surface area contributed by atoms with Crippen LogP contribution in [0.25, 0.3) is 11.4 Å². The molecule has 2 aromatic rings. The van der Waals surface area contributed by atoms with Gasteiger partial charge in [-0.05, 0) is 31.0 Å². The summed E-state index contributed by atoms with van der Waals surface area (Å²) in [6.45, 7) is 0. The number of aromatic nitrogens is 2. The van der Waals surface area contributed by atoms with Crippen LogP contribution < -0.4 is 5.56 Å². The van der Waals surface area contributed by atoms with Gasteiger partial charge in [-0.25, -0.2) is 4.98 Å². The van der Waals surface area contributed by atoms with Crippen LogP contribution in [0.5, 0.6) is 11.5 Å². The number of benzene rings is 1. The average Bonchev–Trinajstić information content (AvgIpc) is 2.72. The molecular weight excluding hydrogens is 312 g/mol. The van der Waals surface area contributed by atoms with Crippen molar-refractivity contribution in [2.75, 3.05) is 0 Å². The number of aromatic hydroxyl groups is 2. The number of nitrogens with zero attached hydrogens (tertiary/aromatic N) is 1. The predicted molar refractivity (Wildman–Crippen MR) is 89.1 cm³/mol. The molecule has 0 spiro atoms. The fourth-order valence-electron chi connectivity index (χ4n) is 3.57. The summed E-state index contributed by atoms with van der Waals surface area (Å²) in [7, 11) is 0. The first-order chi connectivity index (χ1) is 11.1. The maximum atomic E-state index is 12.6. The van der Waals surface area contributed by atoms with Gasteiger partial charge in [-0.15, -0.1) is 11.8 Å². The topological polar surface area (TPSA) is 86.2 Å². The molecule has 1 aromatic heterocycles. The van der Waals surface area contributed by atoms with E-state index in [4.69, 9.17) is 0 Å². The first-order valence-electron chi connectivity index (χ1n) is 7.96. The molecule has 1 saturated carbocycles. The maximum absolute atomic E-state index is 12.6. The number of phenolic OH excluding ortho intramolecular Hbond substituents is 2. The highest BCUT2D eigenvalue weighted by molar-refractivity contribution is 8.00. The number of hydrogen-bond acceptors (Lipinski definition) is 5. The number of aromatic amines is 1. The minimum Gasteiger partial charge on any atom is -0.504 e. The third kappa shape index (κ3) is 2.51. The van der Waals surface area contributed by atoms with Crippen LogP contribution in [0.2, 0.25) is 0 Å². The average molecular weight is 330 g/mol. The molecule has 1 fully saturated rings. The van der Waals surface area contributed by atoms with E-state index in [1.54, 1.807) is 17.8 Å². The minimum absolute atomic E-state index is 0.0699. The fourth-order valence-corrected chi connectivity index (χ4v) is 5.10. The number of hydrogen-bond donors (Lipinski definition) is 3. The summed E-state index contributed by atoms with van der Waals surface area (Å²) in [5.74, 6) is 0.349. The Morgan fingerprint density at radius 2 is 1.96 bits per heavy atom. The van der Waals surface area contributed by atoms with Crippen molar-refractivity contribution in [2.45, 2.75) is 48.3 Å². The first-order valence-corrected chi connectivity index (χ1v) is 8.84. The lowest BCUT2D eigenvalue weighted by Gasteiger charge is -2.14. The van der Waals surface area contributed by atoms with Gasteiger partial charge in [0.1, 0.15) is 10.9 Å². The smallest absolute Gasteiger partial charge is 0.255 e.